The van der Waals surface area contributed by atoms with Crippen LogP contribution in [-0.4, -0.2) is 21.3 Å². The van der Waals surface area contributed by atoms with Crippen LogP contribution in [0.3, 0.4) is 0 Å². The van der Waals surface area contributed by atoms with E-state index in [4.69, 9.17) is 23.2 Å². The van der Waals surface area contributed by atoms with Crippen molar-refractivity contribution in [3.63, 3.8) is 0 Å². The summed E-state index contributed by atoms with van der Waals surface area (Å²) in [6.07, 6.45) is 0. The first-order valence-corrected chi connectivity index (χ1v) is 5.13. The van der Waals surface area contributed by atoms with Gasteiger partial charge in [0.2, 0.25) is 5.50 Å². The van der Waals surface area contributed by atoms with Gasteiger partial charge in [0.15, 0.2) is 4.49 Å². The molecule has 0 rings (SSSR count). The summed E-state index contributed by atoms with van der Waals surface area (Å²) in [6, 6.07) is 0. The van der Waals surface area contributed by atoms with Gasteiger partial charge in [-0.25, -0.2) is 0 Å². The lowest BCUT2D eigenvalue weighted by Gasteiger charge is -2.15. The van der Waals surface area contributed by atoms with Gasteiger partial charge in [0.1, 0.15) is 0 Å². The van der Waals surface area contributed by atoms with Crippen LogP contribution < -0.4 is 0 Å². The highest BCUT2D eigenvalue weighted by molar-refractivity contribution is 7.58. The first kappa shape index (κ1) is 12.3. The highest BCUT2D eigenvalue weighted by atomic mass is 35.5. The Hall–Kier alpha value is 0.270. The second-order valence-electron chi connectivity index (χ2n) is 1.63. The summed E-state index contributed by atoms with van der Waals surface area (Å²) in [5.41, 5.74) is -0.198. The van der Waals surface area contributed by atoms with Gasteiger partial charge >= 0.3 is 7.60 Å². The molecule has 12 heavy (non-hydrogen) atoms. The highest BCUT2D eigenvalue weighted by Gasteiger charge is 2.31. The molecule has 0 aliphatic heterocycles. The molecule has 72 valence electrons. The number of rotatable bonds is 4. The predicted octanol–water partition coefficient (Wildman–Crippen LogP) is 2.72. The van der Waals surface area contributed by atoms with Crippen LogP contribution in [0.1, 0.15) is 0 Å². The molecule has 0 radical (unpaired) electrons. The van der Waals surface area contributed by atoms with E-state index in [0.29, 0.717) is 0 Å². The van der Waals surface area contributed by atoms with Crippen molar-refractivity contribution in [1.29, 1.82) is 0 Å². The largest absolute Gasteiger partial charge is 0.488 e. The van der Waals surface area contributed by atoms with Gasteiger partial charge in [0.05, 0.1) is 7.11 Å². The topological polar surface area (TPSA) is 44.8 Å². The second-order valence-corrected chi connectivity index (χ2v) is 4.71. The van der Waals surface area contributed by atoms with Crippen molar-refractivity contribution in [1.82, 2.24) is 0 Å². The number of ether oxygens (including phenoxy) is 1. The van der Waals surface area contributed by atoms with Crippen molar-refractivity contribution < 1.29 is 18.3 Å². The van der Waals surface area contributed by atoms with E-state index in [1.807, 2.05) is 0 Å². The summed E-state index contributed by atoms with van der Waals surface area (Å²) in [5, 5.41) is 0. The smallest absolute Gasteiger partial charge is 0.397 e. The molecular weight excluding hydrogens is 226 g/mol. The SMILES string of the molecule is COC(=C(Cl)Cl)P(=O)(OC)OC. The second kappa shape index (κ2) is 5.10. The summed E-state index contributed by atoms with van der Waals surface area (Å²) in [7, 11) is 0.231. The molecule has 0 aliphatic carbocycles. The van der Waals surface area contributed by atoms with E-state index in [-0.39, 0.29) is 9.99 Å². The molecule has 0 aromatic rings. The molecule has 0 aromatic heterocycles. The molecule has 0 aliphatic rings. The third-order valence-corrected chi connectivity index (χ3v) is 3.56. The van der Waals surface area contributed by atoms with Crippen molar-refractivity contribution in [2.75, 3.05) is 21.3 Å². The lowest BCUT2D eigenvalue weighted by Crippen LogP contribution is -1.95. The number of hydrogen-bond acceptors (Lipinski definition) is 4. The van der Waals surface area contributed by atoms with E-state index in [0.717, 1.165) is 0 Å². The van der Waals surface area contributed by atoms with Gasteiger partial charge in [-0.3, -0.25) is 4.57 Å². The summed E-state index contributed by atoms with van der Waals surface area (Å²) in [5.74, 6) is 0. The first-order valence-electron chi connectivity index (χ1n) is 2.83. The predicted molar refractivity (Wildman–Crippen MR) is 47.4 cm³/mol. The van der Waals surface area contributed by atoms with Crippen LogP contribution in [0, 0.1) is 0 Å². The van der Waals surface area contributed by atoms with E-state index >= 15 is 0 Å². The zero-order valence-electron chi connectivity index (χ0n) is 6.84. The van der Waals surface area contributed by atoms with Crippen molar-refractivity contribution in [2.24, 2.45) is 0 Å². The van der Waals surface area contributed by atoms with Crippen molar-refractivity contribution in [3.05, 3.63) is 9.99 Å². The molecule has 0 bridgehead atoms. The standard InChI is InChI=1S/C5H9Cl2O4P/c1-9-5(4(6)7)12(8,10-2)11-3/h1-3H3. The molecular formula is C5H9Cl2O4P. The minimum atomic E-state index is -3.45. The maximum Gasteiger partial charge on any atom is 0.397 e. The van der Waals surface area contributed by atoms with Crippen LogP contribution >= 0.6 is 30.8 Å². The maximum absolute atomic E-state index is 11.5. The van der Waals surface area contributed by atoms with Gasteiger partial charge in [-0.05, 0) is 0 Å². The zero-order chi connectivity index (χ0) is 9.78. The quantitative estimate of drug-likeness (QED) is 0.555. The zero-order valence-corrected chi connectivity index (χ0v) is 9.24. The van der Waals surface area contributed by atoms with E-state index in [1.165, 1.54) is 21.3 Å². The lowest BCUT2D eigenvalue weighted by atomic mass is 11.1. The molecule has 0 N–H and O–H groups in total. The Bertz CT molecular complexity index is 215. The average molecular weight is 235 g/mol. The van der Waals surface area contributed by atoms with Crippen LogP contribution in [0.5, 0.6) is 0 Å². The van der Waals surface area contributed by atoms with Gasteiger partial charge in [0, 0.05) is 14.2 Å². The molecule has 0 unspecified atom stereocenters. The van der Waals surface area contributed by atoms with Crippen LogP contribution in [0.15, 0.2) is 9.99 Å². The first-order chi connectivity index (χ1) is 5.51. The third-order valence-electron chi connectivity index (χ3n) is 1.08. The summed E-state index contributed by atoms with van der Waals surface area (Å²) in [4.78, 5) is 0. The summed E-state index contributed by atoms with van der Waals surface area (Å²) in [6.45, 7) is 0. The molecule has 4 nitrogen and oxygen atoms in total. The minimum Gasteiger partial charge on any atom is -0.488 e. The molecule has 0 fully saturated rings. The maximum atomic E-state index is 11.5. The molecule has 0 atom stereocenters. The fourth-order valence-electron chi connectivity index (χ4n) is 0.533. The summed E-state index contributed by atoms with van der Waals surface area (Å²) < 4.78 is 25.1. The Morgan fingerprint density at radius 3 is 1.67 bits per heavy atom. The van der Waals surface area contributed by atoms with Gasteiger partial charge in [-0.1, -0.05) is 23.2 Å². The average Bonchev–Trinajstić information content (AvgIpc) is 2.04. The molecule has 0 amide bonds. The molecule has 0 aromatic carbocycles. The number of halogens is 2. The van der Waals surface area contributed by atoms with Crippen LogP contribution in [0.4, 0.5) is 0 Å². The van der Waals surface area contributed by atoms with E-state index in [2.05, 4.69) is 13.8 Å². The summed E-state index contributed by atoms with van der Waals surface area (Å²) >= 11 is 10.7. The fourth-order valence-corrected chi connectivity index (χ4v) is 2.22. The van der Waals surface area contributed by atoms with Crippen LogP contribution in [0.25, 0.3) is 0 Å². The van der Waals surface area contributed by atoms with E-state index in [1.54, 1.807) is 0 Å². The lowest BCUT2D eigenvalue weighted by molar-refractivity contribution is 0.238. The highest BCUT2D eigenvalue weighted by Crippen LogP contribution is 2.56. The minimum absolute atomic E-state index is 0.198. The number of methoxy groups -OCH3 is 1. The van der Waals surface area contributed by atoms with Crippen LogP contribution in [0.2, 0.25) is 0 Å². The molecule has 0 saturated heterocycles. The molecule has 0 spiro atoms. The van der Waals surface area contributed by atoms with Gasteiger partial charge in [0.25, 0.3) is 0 Å². The van der Waals surface area contributed by atoms with Crippen LogP contribution in [-0.2, 0) is 18.3 Å². The van der Waals surface area contributed by atoms with Crippen molar-refractivity contribution in [2.45, 2.75) is 0 Å². The van der Waals surface area contributed by atoms with E-state index in [9.17, 15) is 4.57 Å². The Kier molecular flexibility index (Phi) is 5.21. The van der Waals surface area contributed by atoms with Gasteiger partial charge < -0.3 is 13.8 Å². The number of hydrogen-bond donors (Lipinski definition) is 0. The fraction of sp³-hybridized carbons (Fsp3) is 0.600. The Balaban J connectivity index is 4.96. The normalized spacial score (nSPS) is 11.1. The monoisotopic (exact) mass is 234 g/mol. The van der Waals surface area contributed by atoms with Crippen molar-refractivity contribution >= 4 is 30.8 Å². The Morgan fingerprint density at radius 1 is 1.17 bits per heavy atom. The molecule has 7 heteroatoms. The van der Waals surface area contributed by atoms with Gasteiger partial charge in [-0.15, -0.1) is 0 Å². The van der Waals surface area contributed by atoms with Gasteiger partial charge in [-0.2, -0.15) is 0 Å². The Labute approximate surface area is 80.9 Å². The molecule has 0 saturated carbocycles. The molecule has 0 heterocycles. The van der Waals surface area contributed by atoms with Crippen molar-refractivity contribution in [3.8, 4) is 0 Å². The third kappa shape index (κ3) is 2.64. The Morgan fingerprint density at radius 2 is 1.58 bits per heavy atom. The van der Waals surface area contributed by atoms with E-state index < -0.39 is 7.60 Å².